The topological polar surface area (TPSA) is 38.3 Å². The molecule has 1 aliphatic carbocycles. The van der Waals surface area contributed by atoms with Crippen LogP contribution >= 0.6 is 11.6 Å². The number of hydrogen-bond acceptors (Lipinski definition) is 2. The molecule has 1 fully saturated rings. The fourth-order valence-electron chi connectivity index (χ4n) is 3.92. The lowest BCUT2D eigenvalue weighted by atomic mass is 9.70. The van der Waals surface area contributed by atoms with Crippen LogP contribution in [0.25, 0.3) is 0 Å². The van der Waals surface area contributed by atoms with Gasteiger partial charge in [0.2, 0.25) is 5.91 Å². The summed E-state index contributed by atoms with van der Waals surface area (Å²) in [7, 11) is 0. The van der Waals surface area contributed by atoms with E-state index in [2.05, 4.69) is 5.32 Å². The third-order valence-corrected chi connectivity index (χ3v) is 5.62. The normalized spacial score (nSPS) is 20.3. The smallest absolute Gasteiger partial charge is 0.220 e. The Bertz CT molecular complexity index is 771. The number of benzene rings is 2. The van der Waals surface area contributed by atoms with Gasteiger partial charge >= 0.3 is 0 Å². The fourth-order valence-corrected chi connectivity index (χ4v) is 4.10. The lowest BCUT2D eigenvalue weighted by Gasteiger charge is -2.48. The summed E-state index contributed by atoms with van der Waals surface area (Å²) in [5.41, 5.74) is 2.12. The molecule has 2 aromatic rings. The van der Waals surface area contributed by atoms with Crippen molar-refractivity contribution in [1.82, 2.24) is 5.32 Å². The highest BCUT2D eigenvalue weighted by molar-refractivity contribution is 6.30. The largest absolute Gasteiger partial charge is 0.487 e. The molecule has 0 radical (unpaired) electrons. The minimum atomic E-state index is -0.0643. The highest BCUT2D eigenvalue weighted by Crippen LogP contribution is 2.51. The predicted molar refractivity (Wildman–Crippen MR) is 98.9 cm³/mol. The second kappa shape index (κ2) is 6.72. The molecule has 0 saturated heterocycles. The summed E-state index contributed by atoms with van der Waals surface area (Å²) in [6.45, 7) is 0.566. The highest BCUT2D eigenvalue weighted by Gasteiger charge is 2.45. The number of halogens is 1. The van der Waals surface area contributed by atoms with Crippen LogP contribution in [0.2, 0.25) is 5.02 Å². The van der Waals surface area contributed by atoms with Crippen LogP contribution in [-0.4, -0.2) is 11.5 Å². The molecule has 130 valence electrons. The second-order valence-corrected chi connectivity index (χ2v) is 7.62. The lowest BCUT2D eigenvalue weighted by molar-refractivity contribution is -0.122. The van der Waals surface area contributed by atoms with E-state index in [1.807, 2.05) is 48.5 Å². The Balaban J connectivity index is 1.47. The molecule has 2 aromatic carbocycles. The maximum Gasteiger partial charge on any atom is 0.220 e. The van der Waals surface area contributed by atoms with Crippen LogP contribution < -0.4 is 10.1 Å². The van der Waals surface area contributed by atoms with Gasteiger partial charge in [0, 0.05) is 23.9 Å². The van der Waals surface area contributed by atoms with E-state index in [0.29, 0.717) is 18.0 Å². The average molecular weight is 356 g/mol. The van der Waals surface area contributed by atoms with Crippen molar-refractivity contribution >= 4 is 17.5 Å². The van der Waals surface area contributed by atoms with E-state index in [4.69, 9.17) is 16.3 Å². The van der Waals surface area contributed by atoms with Crippen molar-refractivity contribution in [2.24, 2.45) is 0 Å². The molecule has 25 heavy (non-hydrogen) atoms. The summed E-state index contributed by atoms with van der Waals surface area (Å²) in [4.78, 5) is 12.5. The molecule has 1 atom stereocenters. The van der Waals surface area contributed by atoms with E-state index in [1.54, 1.807) is 0 Å². The van der Waals surface area contributed by atoms with Crippen LogP contribution in [-0.2, 0) is 11.3 Å². The van der Waals surface area contributed by atoms with Gasteiger partial charge in [0.15, 0.2) is 0 Å². The Labute approximate surface area is 153 Å². The second-order valence-electron chi connectivity index (χ2n) is 7.19. The molecule has 4 heteroatoms. The van der Waals surface area contributed by atoms with Crippen molar-refractivity contribution in [3.8, 4) is 5.75 Å². The zero-order chi connectivity index (χ0) is 17.3. The van der Waals surface area contributed by atoms with Crippen LogP contribution in [0.3, 0.4) is 0 Å². The van der Waals surface area contributed by atoms with Gasteiger partial charge in [-0.05, 0) is 55.0 Å². The first-order chi connectivity index (χ1) is 12.1. The molecule has 1 saturated carbocycles. The molecule has 0 bridgehead atoms. The maximum atomic E-state index is 12.5. The summed E-state index contributed by atoms with van der Waals surface area (Å²) in [6, 6.07) is 15.8. The Morgan fingerprint density at radius 3 is 2.72 bits per heavy atom. The number of carbonyl (C=O) groups excluding carboxylic acids is 1. The number of amides is 1. The first-order valence-electron chi connectivity index (χ1n) is 8.93. The van der Waals surface area contributed by atoms with Crippen molar-refractivity contribution in [2.45, 2.75) is 50.2 Å². The van der Waals surface area contributed by atoms with Crippen LogP contribution in [0.5, 0.6) is 5.75 Å². The summed E-state index contributed by atoms with van der Waals surface area (Å²) < 4.78 is 6.26. The van der Waals surface area contributed by atoms with Crippen LogP contribution in [0, 0.1) is 0 Å². The van der Waals surface area contributed by atoms with Gasteiger partial charge < -0.3 is 10.1 Å². The van der Waals surface area contributed by atoms with Crippen molar-refractivity contribution in [3.05, 3.63) is 64.7 Å². The Hall–Kier alpha value is -2.00. The lowest BCUT2D eigenvalue weighted by Crippen LogP contribution is -2.47. The third-order valence-electron chi connectivity index (χ3n) is 5.39. The number of nitrogens with one attached hydrogen (secondary N) is 1. The summed E-state index contributed by atoms with van der Waals surface area (Å²) in [5, 5.41) is 3.74. The van der Waals surface area contributed by atoms with E-state index in [1.165, 1.54) is 6.42 Å². The van der Waals surface area contributed by atoms with Gasteiger partial charge in [-0.2, -0.15) is 0 Å². The minimum absolute atomic E-state index is 0.0643. The van der Waals surface area contributed by atoms with Crippen molar-refractivity contribution < 1.29 is 9.53 Å². The zero-order valence-electron chi connectivity index (χ0n) is 14.1. The number of hydrogen-bond donors (Lipinski definition) is 1. The van der Waals surface area contributed by atoms with Gasteiger partial charge in [-0.1, -0.05) is 41.9 Å². The molecular formula is C21H22ClNO2. The molecule has 1 spiro atoms. The van der Waals surface area contributed by atoms with Gasteiger partial charge in [-0.15, -0.1) is 0 Å². The average Bonchev–Trinajstić information content (AvgIpc) is 2.60. The molecule has 2 aliphatic rings. The van der Waals surface area contributed by atoms with E-state index >= 15 is 0 Å². The van der Waals surface area contributed by atoms with Gasteiger partial charge in [0.05, 0.1) is 0 Å². The number of ether oxygens (including phenoxy) is 1. The van der Waals surface area contributed by atoms with Crippen LogP contribution in [0.15, 0.2) is 48.5 Å². The number of fused-ring (bicyclic) bond motifs is 1. The third kappa shape index (κ3) is 3.52. The van der Waals surface area contributed by atoms with E-state index in [-0.39, 0.29) is 17.4 Å². The summed E-state index contributed by atoms with van der Waals surface area (Å²) >= 11 is 6.18. The molecule has 4 rings (SSSR count). The zero-order valence-corrected chi connectivity index (χ0v) is 14.9. The Kier molecular flexibility index (Phi) is 4.43. The highest BCUT2D eigenvalue weighted by atomic mass is 35.5. The first kappa shape index (κ1) is 16.5. The van der Waals surface area contributed by atoms with Gasteiger partial charge in [-0.3, -0.25) is 4.79 Å². The molecule has 1 unspecified atom stereocenters. The maximum absolute atomic E-state index is 12.5. The summed E-state index contributed by atoms with van der Waals surface area (Å²) in [6.07, 6.45) is 4.74. The van der Waals surface area contributed by atoms with Gasteiger partial charge in [-0.25, -0.2) is 0 Å². The van der Waals surface area contributed by atoms with E-state index < -0.39 is 0 Å². The fraction of sp³-hybridized carbons (Fsp3) is 0.381. The van der Waals surface area contributed by atoms with Crippen LogP contribution in [0.1, 0.15) is 49.1 Å². The molecular weight excluding hydrogens is 334 g/mol. The van der Waals surface area contributed by atoms with E-state index in [9.17, 15) is 4.79 Å². The van der Waals surface area contributed by atoms with E-state index in [0.717, 1.165) is 36.1 Å². The molecule has 3 nitrogen and oxygen atoms in total. The molecule has 1 heterocycles. The van der Waals surface area contributed by atoms with Crippen molar-refractivity contribution in [2.75, 3.05) is 0 Å². The first-order valence-corrected chi connectivity index (χ1v) is 9.30. The molecule has 0 aromatic heterocycles. The standard InChI is InChI=1S/C21H22ClNO2/c22-17-7-8-19-18(12-17)16(13-21(25-19)9-4-10-21)11-20(24)23-14-15-5-2-1-3-6-15/h1-3,5-8,12,16H,4,9-11,13-14H2,(H,23,24). The Morgan fingerprint density at radius 1 is 1.20 bits per heavy atom. The molecule has 1 N–H and O–H groups in total. The Morgan fingerprint density at radius 2 is 2.00 bits per heavy atom. The monoisotopic (exact) mass is 355 g/mol. The molecule has 1 amide bonds. The minimum Gasteiger partial charge on any atom is -0.487 e. The van der Waals surface area contributed by atoms with Crippen molar-refractivity contribution in [3.63, 3.8) is 0 Å². The number of rotatable bonds is 4. The van der Waals surface area contributed by atoms with Crippen molar-refractivity contribution in [1.29, 1.82) is 0 Å². The van der Waals surface area contributed by atoms with Gasteiger partial charge in [0.25, 0.3) is 0 Å². The molecule has 1 aliphatic heterocycles. The van der Waals surface area contributed by atoms with Gasteiger partial charge in [0.1, 0.15) is 11.4 Å². The SMILES string of the molecule is O=C(CC1CC2(CCC2)Oc2ccc(Cl)cc21)NCc1ccccc1. The van der Waals surface area contributed by atoms with Crippen LogP contribution in [0.4, 0.5) is 0 Å². The summed E-state index contributed by atoms with van der Waals surface area (Å²) in [5.74, 6) is 1.14. The number of carbonyl (C=O) groups is 1. The predicted octanol–water partition coefficient (Wildman–Crippen LogP) is 4.84. The quantitative estimate of drug-likeness (QED) is 0.852.